The third kappa shape index (κ3) is 2.88. The molecule has 0 spiro atoms. The number of anilines is 1. The number of halogens is 1. The number of hydrogen-bond donors (Lipinski definition) is 1. The van der Waals surface area contributed by atoms with E-state index in [2.05, 4.69) is 49.7 Å². The molecule has 0 amide bonds. The lowest BCUT2D eigenvalue weighted by atomic mass is 10.0. The Bertz CT molecular complexity index is 505. The molecule has 1 heterocycles. The summed E-state index contributed by atoms with van der Waals surface area (Å²) >= 11 is 7.96. The van der Waals surface area contributed by atoms with Gasteiger partial charge in [0.1, 0.15) is 0 Å². The van der Waals surface area contributed by atoms with Crippen molar-refractivity contribution in [3.63, 3.8) is 0 Å². The molecule has 18 heavy (non-hydrogen) atoms. The fraction of sp³-hybridized carbons (Fsp3) is 0.333. The Hall–Kier alpha value is -0.990. The molecule has 1 aromatic carbocycles. The fourth-order valence-corrected chi connectivity index (χ4v) is 3.09. The molecule has 0 fully saturated rings. The predicted octanol–water partition coefficient (Wildman–Crippen LogP) is 5.52. The van der Waals surface area contributed by atoms with Gasteiger partial charge in [-0.15, -0.1) is 11.3 Å². The molecule has 0 radical (unpaired) electrons. The summed E-state index contributed by atoms with van der Waals surface area (Å²) < 4.78 is 0. The zero-order valence-electron chi connectivity index (χ0n) is 10.9. The van der Waals surface area contributed by atoms with E-state index in [9.17, 15) is 0 Å². The molecule has 1 N–H and O–H groups in total. The molecule has 3 heteroatoms. The Morgan fingerprint density at radius 3 is 2.56 bits per heavy atom. The topological polar surface area (TPSA) is 12.0 Å². The Morgan fingerprint density at radius 2 is 1.94 bits per heavy atom. The molecule has 1 unspecified atom stereocenters. The van der Waals surface area contributed by atoms with Crippen molar-refractivity contribution in [2.45, 2.75) is 26.8 Å². The van der Waals surface area contributed by atoms with Crippen molar-refractivity contribution in [2.75, 3.05) is 5.32 Å². The van der Waals surface area contributed by atoms with Gasteiger partial charge in [0.05, 0.1) is 6.04 Å². The van der Waals surface area contributed by atoms with Crippen molar-refractivity contribution in [1.82, 2.24) is 0 Å². The second-order valence-corrected chi connectivity index (χ2v) is 6.18. The van der Waals surface area contributed by atoms with Gasteiger partial charge in [-0.2, -0.15) is 0 Å². The molecule has 0 saturated heterocycles. The summed E-state index contributed by atoms with van der Waals surface area (Å²) in [5.74, 6) is 0.530. The molecule has 1 aromatic heterocycles. The highest BCUT2D eigenvalue weighted by molar-refractivity contribution is 7.10. The summed E-state index contributed by atoms with van der Waals surface area (Å²) in [6.45, 7) is 6.52. The maximum atomic E-state index is 6.16. The van der Waals surface area contributed by atoms with Crippen molar-refractivity contribution in [3.8, 4) is 0 Å². The summed E-state index contributed by atoms with van der Waals surface area (Å²) in [5, 5.41) is 6.55. The Morgan fingerprint density at radius 1 is 1.17 bits per heavy atom. The normalized spacial score (nSPS) is 12.7. The van der Waals surface area contributed by atoms with E-state index >= 15 is 0 Å². The number of thiophene rings is 1. The minimum atomic E-state index is 0.335. The molecule has 0 aliphatic heterocycles. The number of nitrogens with one attached hydrogen (secondary N) is 1. The summed E-state index contributed by atoms with van der Waals surface area (Å²) in [4.78, 5) is 1.37. The lowest BCUT2D eigenvalue weighted by molar-refractivity contribution is 0.553. The van der Waals surface area contributed by atoms with Crippen LogP contribution in [0.25, 0.3) is 0 Å². The zero-order valence-corrected chi connectivity index (χ0v) is 12.5. The first-order chi connectivity index (χ1) is 8.59. The first kappa shape index (κ1) is 13.4. The lowest BCUT2D eigenvalue weighted by Crippen LogP contribution is -2.16. The molecule has 2 rings (SSSR count). The van der Waals surface area contributed by atoms with Gasteiger partial charge in [0.25, 0.3) is 0 Å². The van der Waals surface area contributed by atoms with Crippen LogP contribution < -0.4 is 5.32 Å². The summed E-state index contributed by atoms with van der Waals surface area (Å²) in [6.07, 6.45) is 0. The maximum Gasteiger partial charge on any atom is 0.0629 e. The summed E-state index contributed by atoms with van der Waals surface area (Å²) in [6, 6.07) is 10.6. The van der Waals surface area contributed by atoms with E-state index in [0.29, 0.717) is 12.0 Å². The highest BCUT2D eigenvalue weighted by atomic mass is 35.5. The fourth-order valence-electron chi connectivity index (χ4n) is 1.97. The average molecular weight is 280 g/mol. The number of rotatable bonds is 4. The van der Waals surface area contributed by atoms with Crippen LogP contribution in [0.3, 0.4) is 0 Å². The SMILES string of the molecule is Cc1c(Cl)cccc1NC(c1cccs1)C(C)C. The van der Waals surface area contributed by atoms with Crippen LogP contribution in [0, 0.1) is 12.8 Å². The van der Waals surface area contributed by atoms with Crippen LogP contribution in [-0.4, -0.2) is 0 Å². The smallest absolute Gasteiger partial charge is 0.0629 e. The Labute approximate surface area is 118 Å². The predicted molar refractivity (Wildman–Crippen MR) is 81.7 cm³/mol. The Kier molecular flexibility index (Phi) is 4.31. The van der Waals surface area contributed by atoms with Crippen molar-refractivity contribution in [3.05, 3.63) is 51.2 Å². The van der Waals surface area contributed by atoms with Crippen molar-refractivity contribution in [2.24, 2.45) is 5.92 Å². The quantitative estimate of drug-likeness (QED) is 0.777. The van der Waals surface area contributed by atoms with Gasteiger partial charge in [0.15, 0.2) is 0 Å². The first-order valence-electron chi connectivity index (χ1n) is 6.14. The van der Waals surface area contributed by atoms with E-state index in [0.717, 1.165) is 16.3 Å². The monoisotopic (exact) mass is 279 g/mol. The van der Waals surface area contributed by atoms with Gasteiger partial charge in [-0.3, -0.25) is 0 Å². The second kappa shape index (κ2) is 5.77. The average Bonchev–Trinajstić information content (AvgIpc) is 2.84. The van der Waals surface area contributed by atoms with E-state index in [1.807, 2.05) is 12.1 Å². The van der Waals surface area contributed by atoms with Gasteiger partial charge >= 0.3 is 0 Å². The van der Waals surface area contributed by atoms with Crippen LogP contribution in [0.1, 0.15) is 30.3 Å². The molecular weight excluding hydrogens is 262 g/mol. The molecule has 1 nitrogen and oxygen atoms in total. The van der Waals surface area contributed by atoms with Gasteiger partial charge in [0, 0.05) is 15.6 Å². The molecule has 0 saturated carbocycles. The van der Waals surface area contributed by atoms with Crippen LogP contribution in [0.15, 0.2) is 35.7 Å². The van der Waals surface area contributed by atoms with E-state index < -0.39 is 0 Å². The highest BCUT2D eigenvalue weighted by Gasteiger charge is 2.17. The van der Waals surface area contributed by atoms with Gasteiger partial charge in [0.2, 0.25) is 0 Å². The lowest BCUT2D eigenvalue weighted by Gasteiger charge is -2.23. The minimum Gasteiger partial charge on any atom is -0.377 e. The van der Waals surface area contributed by atoms with Crippen LogP contribution in [0.4, 0.5) is 5.69 Å². The van der Waals surface area contributed by atoms with E-state index in [1.54, 1.807) is 11.3 Å². The van der Waals surface area contributed by atoms with Gasteiger partial charge in [-0.1, -0.05) is 37.6 Å². The van der Waals surface area contributed by atoms with Gasteiger partial charge in [-0.05, 0) is 42.0 Å². The number of hydrogen-bond acceptors (Lipinski definition) is 2. The van der Waals surface area contributed by atoms with Crippen molar-refractivity contribution >= 4 is 28.6 Å². The maximum absolute atomic E-state index is 6.16. The zero-order chi connectivity index (χ0) is 13.1. The molecule has 0 aliphatic rings. The minimum absolute atomic E-state index is 0.335. The van der Waals surface area contributed by atoms with Crippen molar-refractivity contribution in [1.29, 1.82) is 0 Å². The van der Waals surface area contributed by atoms with Gasteiger partial charge in [-0.25, -0.2) is 0 Å². The van der Waals surface area contributed by atoms with Crippen LogP contribution in [-0.2, 0) is 0 Å². The molecule has 96 valence electrons. The van der Waals surface area contributed by atoms with Crippen LogP contribution in [0.2, 0.25) is 5.02 Å². The number of benzene rings is 1. The first-order valence-corrected chi connectivity index (χ1v) is 7.40. The van der Waals surface area contributed by atoms with E-state index in [1.165, 1.54) is 4.88 Å². The standard InChI is InChI=1S/C15H18ClNS/c1-10(2)15(14-8-5-9-18-14)17-13-7-4-6-12(16)11(13)3/h4-10,15,17H,1-3H3. The third-order valence-corrected chi connectivity index (χ3v) is 4.46. The molecule has 1 atom stereocenters. The molecule has 0 bridgehead atoms. The molecule has 2 aromatic rings. The summed E-state index contributed by atoms with van der Waals surface area (Å²) in [7, 11) is 0. The van der Waals surface area contributed by atoms with Crippen LogP contribution in [0.5, 0.6) is 0 Å². The third-order valence-electron chi connectivity index (χ3n) is 3.10. The second-order valence-electron chi connectivity index (χ2n) is 4.79. The van der Waals surface area contributed by atoms with Crippen molar-refractivity contribution < 1.29 is 0 Å². The largest absolute Gasteiger partial charge is 0.377 e. The van der Waals surface area contributed by atoms with Gasteiger partial charge < -0.3 is 5.32 Å². The van der Waals surface area contributed by atoms with Crippen LogP contribution >= 0.6 is 22.9 Å². The van der Waals surface area contributed by atoms with E-state index in [4.69, 9.17) is 11.6 Å². The summed E-state index contributed by atoms with van der Waals surface area (Å²) in [5.41, 5.74) is 2.23. The highest BCUT2D eigenvalue weighted by Crippen LogP contribution is 2.32. The molecule has 0 aliphatic carbocycles. The molecular formula is C15H18ClNS. The van der Waals surface area contributed by atoms with E-state index in [-0.39, 0.29) is 0 Å². The Balaban J connectivity index is 2.27.